The summed E-state index contributed by atoms with van der Waals surface area (Å²) in [5, 5.41) is 7.62. The number of alkyl halides is 3. The molecule has 2 aliphatic rings. The van der Waals surface area contributed by atoms with Crippen LogP contribution in [-0.4, -0.2) is 52.9 Å². The molecule has 0 radical (unpaired) electrons. The van der Waals surface area contributed by atoms with Gasteiger partial charge in [0.05, 0.1) is 18.5 Å². The molecule has 1 N–H and O–H groups in total. The van der Waals surface area contributed by atoms with E-state index < -0.39 is 18.3 Å². The Labute approximate surface area is 192 Å². The Hall–Kier alpha value is -3.14. The molecule has 3 aromatic rings. The Balaban J connectivity index is 1.37. The first-order chi connectivity index (χ1) is 15.8. The number of furan rings is 1. The van der Waals surface area contributed by atoms with Crippen molar-refractivity contribution in [3.8, 4) is 0 Å². The van der Waals surface area contributed by atoms with E-state index in [9.17, 15) is 18.0 Å². The molecule has 0 unspecified atom stereocenters. The van der Waals surface area contributed by atoms with Crippen LogP contribution < -0.4 is 10.2 Å². The van der Waals surface area contributed by atoms with E-state index in [1.807, 2.05) is 18.2 Å². The number of piperazine rings is 1. The lowest BCUT2D eigenvalue weighted by atomic mass is 10.0. The Morgan fingerprint density at radius 1 is 1.15 bits per heavy atom. The molecule has 2 atom stereocenters. The second kappa shape index (κ2) is 8.33. The molecule has 0 aliphatic carbocycles. The van der Waals surface area contributed by atoms with Gasteiger partial charge in [-0.3, -0.25) is 4.79 Å². The van der Waals surface area contributed by atoms with Crippen LogP contribution in [0, 0.1) is 0 Å². The first kappa shape index (κ1) is 21.7. The molecule has 1 saturated heterocycles. The molecular formula is C22H21ClF3N5O2. The number of rotatable bonds is 3. The van der Waals surface area contributed by atoms with Crippen LogP contribution in [0.2, 0.25) is 5.02 Å². The lowest BCUT2D eigenvalue weighted by molar-refractivity contribution is -0.174. The predicted molar refractivity (Wildman–Crippen MR) is 117 cm³/mol. The molecular weight excluding hydrogens is 459 g/mol. The molecule has 7 nitrogen and oxygen atoms in total. The van der Waals surface area contributed by atoms with Crippen molar-refractivity contribution in [3.63, 3.8) is 0 Å². The van der Waals surface area contributed by atoms with Gasteiger partial charge in [-0.1, -0.05) is 17.7 Å². The van der Waals surface area contributed by atoms with Gasteiger partial charge in [0.25, 0.3) is 5.91 Å². The molecule has 0 bridgehead atoms. The zero-order chi connectivity index (χ0) is 23.2. The van der Waals surface area contributed by atoms with Gasteiger partial charge in [-0.05, 0) is 30.3 Å². The number of hydrogen-bond acceptors (Lipinski definition) is 5. The monoisotopic (exact) mass is 479 g/mol. The third-order valence-corrected chi connectivity index (χ3v) is 6.33. The SMILES string of the molecule is O=C(c1cnn2c1N[C@@H](c1ccco1)C[C@@H]2C(F)(F)F)N1CCN(c2cccc(Cl)c2)CC1. The van der Waals surface area contributed by atoms with Crippen LogP contribution >= 0.6 is 11.6 Å². The first-order valence-electron chi connectivity index (χ1n) is 10.5. The van der Waals surface area contributed by atoms with Gasteiger partial charge in [-0.15, -0.1) is 0 Å². The number of halogens is 4. The minimum Gasteiger partial charge on any atom is -0.467 e. The number of hydrogen-bond donors (Lipinski definition) is 1. The van der Waals surface area contributed by atoms with Crippen molar-refractivity contribution in [2.45, 2.75) is 24.7 Å². The topological polar surface area (TPSA) is 66.5 Å². The second-order valence-corrected chi connectivity index (χ2v) is 8.55. The van der Waals surface area contributed by atoms with Crippen molar-refractivity contribution >= 4 is 29.0 Å². The summed E-state index contributed by atoms with van der Waals surface area (Å²) in [4.78, 5) is 17.0. The third-order valence-electron chi connectivity index (χ3n) is 6.10. The fourth-order valence-electron chi connectivity index (χ4n) is 4.41. The maximum Gasteiger partial charge on any atom is 0.410 e. The Bertz CT molecular complexity index is 1140. The summed E-state index contributed by atoms with van der Waals surface area (Å²) < 4.78 is 47.6. The summed E-state index contributed by atoms with van der Waals surface area (Å²) in [6, 6.07) is 8.14. The number of aromatic nitrogens is 2. The fraction of sp³-hybridized carbons (Fsp3) is 0.364. The maximum absolute atomic E-state index is 13.8. The normalized spacial score (nSPS) is 21.0. The van der Waals surface area contributed by atoms with Gasteiger partial charge in [-0.25, -0.2) is 4.68 Å². The first-order valence-corrected chi connectivity index (χ1v) is 10.9. The van der Waals surface area contributed by atoms with Gasteiger partial charge >= 0.3 is 6.18 Å². The number of fused-ring (bicyclic) bond motifs is 1. The molecule has 2 aromatic heterocycles. The molecule has 5 rings (SSSR count). The van der Waals surface area contributed by atoms with Crippen LogP contribution in [0.4, 0.5) is 24.7 Å². The van der Waals surface area contributed by atoms with Crippen molar-refractivity contribution in [2.24, 2.45) is 0 Å². The third kappa shape index (κ3) is 4.15. The fourth-order valence-corrected chi connectivity index (χ4v) is 4.59. The number of amides is 1. The molecule has 2 aliphatic heterocycles. The molecule has 1 amide bonds. The average molecular weight is 480 g/mol. The second-order valence-electron chi connectivity index (χ2n) is 8.12. The summed E-state index contributed by atoms with van der Waals surface area (Å²) in [5.74, 6) is 0.0907. The van der Waals surface area contributed by atoms with Gasteiger partial charge in [0, 0.05) is 43.3 Å². The van der Waals surface area contributed by atoms with Crippen LogP contribution in [0.1, 0.15) is 34.6 Å². The molecule has 0 saturated carbocycles. The van der Waals surface area contributed by atoms with Crippen molar-refractivity contribution in [2.75, 3.05) is 36.4 Å². The van der Waals surface area contributed by atoms with E-state index in [-0.39, 0.29) is 23.7 Å². The highest BCUT2D eigenvalue weighted by Gasteiger charge is 2.48. The molecule has 174 valence electrons. The Morgan fingerprint density at radius 3 is 2.61 bits per heavy atom. The van der Waals surface area contributed by atoms with Crippen molar-refractivity contribution in [1.82, 2.24) is 14.7 Å². The molecule has 0 spiro atoms. The van der Waals surface area contributed by atoms with E-state index >= 15 is 0 Å². The van der Waals surface area contributed by atoms with Gasteiger partial charge in [0.15, 0.2) is 6.04 Å². The lowest BCUT2D eigenvalue weighted by Gasteiger charge is -2.37. The minimum atomic E-state index is -4.52. The van der Waals surface area contributed by atoms with Gasteiger partial charge in [0.2, 0.25) is 0 Å². The van der Waals surface area contributed by atoms with E-state index in [1.54, 1.807) is 23.1 Å². The largest absolute Gasteiger partial charge is 0.467 e. The molecule has 4 heterocycles. The van der Waals surface area contributed by atoms with Crippen LogP contribution in [0.5, 0.6) is 0 Å². The zero-order valence-corrected chi connectivity index (χ0v) is 18.2. The van der Waals surface area contributed by atoms with E-state index in [2.05, 4.69) is 15.3 Å². The van der Waals surface area contributed by atoms with E-state index in [1.165, 1.54) is 12.5 Å². The van der Waals surface area contributed by atoms with Gasteiger partial charge in [0.1, 0.15) is 17.1 Å². The number of nitrogens with one attached hydrogen (secondary N) is 1. The molecule has 33 heavy (non-hydrogen) atoms. The molecule has 1 aromatic carbocycles. The summed E-state index contributed by atoms with van der Waals surface area (Å²) in [5.41, 5.74) is 1.09. The number of carbonyl (C=O) groups excluding carboxylic acids is 1. The predicted octanol–water partition coefficient (Wildman–Crippen LogP) is 4.75. The highest BCUT2D eigenvalue weighted by molar-refractivity contribution is 6.30. The minimum absolute atomic E-state index is 0.0623. The summed E-state index contributed by atoms with van der Waals surface area (Å²) >= 11 is 6.08. The highest BCUT2D eigenvalue weighted by Crippen LogP contribution is 2.44. The summed E-state index contributed by atoms with van der Waals surface area (Å²) in [7, 11) is 0. The van der Waals surface area contributed by atoms with Crippen molar-refractivity contribution in [1.29, 1.82) is 0 Å². The summed E-state index contributed by atoms with van der Waals surface area (Å²) in [6.07, 6.45) is -2.16. The van der Waals surface area contributed by atoms with Crippen molar-refractivity contribution in [3.05, 3.63) is 65.2 Å². The standard InChI is InChI=1S/C22H21ClF3N5O2/c23-14-3-1-4-15(11-14)29-6-8-30(9-7-29)21(32)16-13-27-31-19(22(24,25)26)12-17(28-20(16)31)18-5-2-10-33-18/h1-5,10-11,13,17,19,28H,6-9,12H2/t17-,19-/m1/s1. The number of benzene rings is 1. The Kier molecular flexibility index (Phi) is 5.48. The average Bonchev–Trinajstić information content (AvgIpc) is 3.47. The van der Waals surface area contributed by atoms with E-state index in [4.69, 9.17) is 16.0 Å². The number of anilines is 2. The molecule has 1 fully saturated rings. The van der Waals surface area contributed by atoms with Crippen LogP contribution in [0.25, 0.3) is 0 Å². The van der Waals surface area contributed by atoms with Gasteiger partial charge in [-0.2, -0.15) is 18.3 Å². The lowest BCUT2D eigenvalue weighted by Crippen LogP contribution is -2.49. The molecule has 11 heteroatoms. The zero-order valence-electron chi connectivity index (χ0n) is 17.4. The Morgan fingerprint density at radius 2 is 1.94 bits per heavy atom. The number of nitrogens with zero attached hydrogens (tertiary/aromatic N) is 4. The number of carbonyl (C=O) groups is 1. The maximum atomic E-state index is 13.8. The van der Waals surface area contributed by atoms with E-state index in [0.717, 1.165) is 10.4 Å². The van der Waals surface area contributed by atoms with E-state index in [0.29, 0.717) is 37.0 Å². The quantitative estimate of drug-likeness (QED) is 0.587. The van der Waals surface area contributed by atoms with Crippen LogP contribution in [0.3, 0.4) is 0 Å². The summed E-state index contributed by atoms with van der Waals surface area (Å²) in [6.45, 7) is 2.03. The highest BCUT2D eigenvalue weighted by atomic mass is 35.5. The van der Waals surface area contributed by atoms with Crippen LogP contribution in [-0.2, 0) is 0 Å². The van der Waals surface area contributed by atoms with Gasteiger partial charge < -0.3 is 19.5 Å². The van der Waals surface area contributed by atoms with Crippen LogP contribution in [0.15, 0.2) is 53.3 Å². The smallest absolute Gasteiger partial charge is 0.410 e. The van der Waals surface area contributed by atoms with Crippen molar-refractivity contribution < 1.29 is 22.4 Å².